The number of fused-ring (bicyclic) bond motifs is 1. The maximum atomic E-state index is 8.79. The number of aliphatic hydroxyl groups is 1. The fourth-order valence-corrected chi connectivity index (χ4v) is 1.83. The summed E-state index contributed by atoms with van der Waals surface area (Å²) in [5.41, 5.74) is 1.04. The summed E-state index contributed by atoms with van der Waals surface area (Å²) < 4.78 is 11.0. The normalized spacial score (nSPS) is 14.0. The van der Waals surface area contributed by atoms with Crippen LogP contribution in [0.5, 0.6) is 11.5 Å². The minimum atomic E-state index is 0.179. The van der Waals surface area contributed by atoms with Gasteiger partial charge >= 0.3 is 0 Å². The molecule has 4 heteroatoms. The van der Waals surface area contributed by atoms with E-state index in [2.05, 4.69) is 0 Å². The van der Waals surface area contributed by atoms with Crippen LogP contribution in [0.15, 0.2) is 12.1 Å². The maximum absolute atomic E-state index is 8.79. The van der Waals surface area contributed by atoms with Gasteiger partial charge in [0.05, 0.1) is 5.02 Å². The predicted octanol–water partition coefficient (Wildman–Crippen LogP) is 2.04. The first-order valence-corrected chi connectivity index (χ1v) is 5.38. The van der Waals surface area contributed by atoms with Crippen LogP contribution in [0, 0.1) is 0 Å². The molecule has 15 heavy (non-hydrogen) atoms. The number of aryl methyl sites for hydroxylation is 1. The minimum absolute atomic E-state index is 0.179. The first kappa shape index (κ1) is 10.6. The molecule has 2 rings (SSSR count). The van der Waals surface area contributed by atoms with Gasteiger partial charge in [-0.25, -0.2) is 0 Å². The topological polar surface area (TPSA) is 38.7 Å². The maximum Gasteiger partial charge on any atom is 0.180 e. The average Bonchev–Trinajstić information content (AvgIpc) is 2.29. The first-order chi connectivity index (χ1) is 7.33. The quantitative estimate of drug-likeness (QED) is 0.861. The van der Waals surface area contributed by atoms with Crippen molar-refractivity contribution in [1.82, 2.24) is 0 Å². The predicted molar refractivity (Wildman–Crippen MR) is 57.8 cm³/mol. The molecular formula is C11H13ClO3. The summed E-state index contributed by atoms with van der Waals surface area (Å²) in [4.78, 5) is 0. The summed E-state index contributed by atoms with van der Waals surface area (Å²) in [5, 5.41) is 9.37. The lowest BCUT2D eigenvalue weighted by Gasteiger charge is -2.21. The Morgan fingerprint density at radius 3 is 2.67 bits per heavy atom. The fourth-order valence-electron chi connectivity index (χ4n) is 1.63. The Balaban J connectivity index is 2.30. The van der Waals surface area contributed by atoms with Crippen molar-refractivity contribution < 1.29 is 14.6 Å². The van der Waals surface area contributed by atoms with Crippen molar-refractivity contribution in [1.29, 1.82) is 0 Å². The lowest BCUT2D eigenvalue weighted by molar-refractivity contribution is 0.169. The molecule has 0 aliphatic carbocycles. The SMILES string of the molecule is OCCCc1ccc(Cl)c2c1OCCO2. The van der Waals surface area contributed by atoms with Crippen molar-refractivity contribution in [3.05, 3.63) is 22.7 Å². The Morgan fingerprint density at radius 1 is 1.20 bits per heavy atom. The lowest BCUT2D eigenvalue weighted by Crippen LogP contribution is -2.17. The first-order valence-electron chi connectivity index (χ1n) is 5.01. The summed E-state index contributed by atoms with van der Waals surface area (Å²) >= 11 is 5.99. The Hall–Kier alpha value is -0.930. The van der Waals surface area contributed by atoms with Crippen LogP contribution >= 0.6 is 11.6 Å². The Labute approximate surface area is 93.6 Å². The molecule has 0 unspecified atom stereocenters. The molecule has 1 aromatic rings. The zero-order chi connectivity index (χ0) is 10.7. The third-order valence-electron chi connectivity index (χ3n) is 2.33. The van der Waals surface area contributed by atoms with Crippen LogP contribution in [-0.4, -0.2) is 24.9 Å². The van der Waals surface area contributed by atoms with Gasteiger partial charge in [0.1, 0.15) is 13.2 Å². The van der Waals surface area contributed by atoms with Gasteiger partial charge in [-0.3, -0.25) is 0 Å². The third kappa shape index (κ3) is 2.19. The molecule has 0 saturated carbocycles. The molecule has 1 aliphatic rings. The van der Waals surface area contributed by atoms with Crippen LogP contribution < -0.4 is 9.47 Å². The smallest absolute Gasteiger partial charge is 0.180 e. The molecule has 0 spiro atoms. The second kappa shape index (κ2) is 4.73. The van der Waals surface area contributed by atoms with E-state index in [0.29, 0.717) is 24.0 Å². The molecular weight excluding hydrogens is 216 g/mol. The molecule has 0 saturated heterocycles. The van der Waals surface area contributed by atoms with Crippen LogP contribution in [0.2, 0.25) is 5.02 Å². The van der Waals surface area contributed by atoms with Gasteiger partial charge in [-0.1, -0.05) is 17.7 Å². The zero-order valence-electron chi connectivity index (χ0n) is 8.33. The fraction of sp³-hybridized carbons (Fsp3) is 0.455. The number of rotatable bonds is 3. The van der Waals surface area contributed by atoms with E-state index in [9.17, 15) is 0 Å². The van der Waals surface area contributed by atoms with E-state index in [1.54, 1.807) is 0 Å². The molecule has 0 fully saturated rings. The number of hydrogen-bond donors (Lipinski definition) is 1. The van der Waals surface area contributed by atoms with Crippen LogP contribution in [0.4, 0.5) is 0 Å². The number of halogens is 1. The molecule has 0 amide bonds. The molecule has 3 nitrogen and oxygen atoms in total. The van der Waals surface area contributed by atoms with Crippen molar-refractivity contribution in [3.63, 3.8) is 0 Å². The van der Waals surface area contributed by atoms with Crippen molar-refractivity contribution in [3.8, 4) is 11.5 Å². The van der Waals surface area contributed by atoms with E-state index in [-0.39, 0.29) is 6.61 Å². The number of benzene rings is 1. The molecule has 0 bridgehead atoms. The van der Waals surface area contributed by atoms with E-state index in [0.717, 1.165) is 24.2 Å². The monoisotopic (exact) mass is 228 g/mol. The highest BCUT2D eigenvalue weighted by Gasteiger charge is 2.18. The number of hydrogen-bond acceptors (Lipinski definition) is 3. The second-order valence-corrected chi connectivity index (χ2v) is 3.80. The molecule has 0 aromatic heterocycles. The average molecular weight is 229 g/mol. The van der Waals surface area contributed by atoms with Gasteiger partial charge in [0.25, 0.3) is 0 Å². The number of ether oxygens (including phenoxy) is 2. The highest BCUT2D eigenvalue weighted by atomic mass is 35.5. The summed E-state index contributed by atoms with van der Waals surface area (Å²) in [6.07, 6.45) is 1.50. The lowest BCUT2D eigenvalue weighted by atomic mass is 10.1. The van der Waals surface area contributed by atoms with E-state index < -0.39 is 0 Å². The molecule has 1 aliphatic heterocycles. The van der Waals surface area contributed by atoms with Crippen molar-refractivity contribution >= 4 is 11.6 Å². The molecule has 1 aromatic carbocycles. The van der Waals surface area contributed by atoms with E-state index in [1.807, 2.05) is 12.1 Å². The van der Waals surface area contributed by atoms with Crippen molar-refractivity contribution in [2.45, 2.75) is 12.8 Å². The van der Waals surface area contributed by atoms with Gasteiger partial charge in [-0.05, 0) is 24.5 Å². The van der Waals surface area contributed by atoms with Gasteiger partial charge in [-0.2, -0.15) is 0 Å². The third-order valence-corrected chi connectivity index (χ3v) is 2.62. The Morgan fingerprint density at radius 2 is 1.93 bits per heavy atom. The molecule has 0 atom stereocenters. The number of aliphatic hydroxyl groups excluding tert-OH is 1. The van der Waals surface area contributed by atoms with Crippen LogP contribution in [0.1, 0.15) is 12.0 Å². The van der Waals surface area contributed by atoms with Crippen LogP contribution in [-0.2, 0) is 6.42 Å². The minimum Gasteiger partial charge on any atom is -0.486 e. The summed E-state index contributed by atoms with van der Waals surface area (Å²) in [6.45, 7) is 1.27. The van der Waals surface area contributed by atoms with E-state index >= 15 is 0 Å². The Bertz CT molecular complexity index is 352. The highest BCUT2D eigenvalue weighted by molar-refractivity contribution is 6.32. The van der Waals surface area contributed by atoms with Gasteiger partial charge < -0.3 is 14.6 Å². The highest BCUT2D eigenvalue weighted by Crippen LogP contribution is 2.40. The van der Waals surface area contributed by atoms with Crippen LogP contribution in [0.25, 0.3) is 0 Å². The van der Waals surface area contributed by atoms with Crippen LogP contribution in [0.3, 0.4) is 0 Å². The van der Waals surface area contributed by atoms with Gasteiger partial charge in [0.15, 0.2) is 11.5 Å². The molecule has 82 valence electrons. The standard InChI is InChI=1S/C11H13ClO3/c12-9-4-3-8(2-1-5-13)10-11(9)15-7-6-14-10/h3-4,13H,1-2,5-7H2. The molecule has 0 radical (unpaired) electrons. The summed E-state index contributed by atoms with van der Waals surface area (Å²) in [6, 6.07) is 3.73. The zero-order valence-corrected chi connectivity index (χ0v) is 9.09. The van der Waals surface area contributed by atoms with Crippen molar-refractivity contribution in [2.24, 2.45) is 0 Å². The summed E-state index contributed by atoms with van der Waals surface area (Å²) in [5.74, 6) is 1.38. The largest absolute Gasteiger partial charge is 0.486 e. The molecule has 1 heterocycles. The molecule has 1 N–H and O–H groups in total. The van der Waals surface area contributed by atoms with Gasteiger partial charge in [0.2, 0.25) is 0 Å². The second-order valence-electron chi connectivity index (χ2n) is 3.39. The Kier molecular flexibility index (Phi) is 3.34. The van der Waals surface area contributed by atoms with Gasteiger partial charge in [-0.15, -0.1) is 0 Å². The van der Waals surface area contributed by atoms with E-state index in [4.69, 9.17) is 26.2 Å². The van der Waals surface area contributed by atoms with E-state index in [1.165, 1.54) is 0 Å². The van der Waals surface area contributed by atoms with Gasteiger partial charge in [0, 0.05) is 6.61 Å². The van der Waals surface area contributed by atoms with Crippen molar-refractivity contribution in [2.75, 3.05) is 19.8 Å². The summed E-state index contributed by atoms with van der Waals surface area (Å²) in [7, 11) is 0.